The fourth-order valence-corrected chi connectivity index (χ4v) is 3.68. The molecule has 1 saturated heterocycles. The van der Waals surface area contributed by atoms with Gasteiger partial charge in [0, 0.05) is 63.9 Å². The molecule has 0 aromatic heterocycles. The van der Waals surface area contributed by atoms with Crippen LogP contribution in [0, 0.1) is 0 Å². The number of ether oxygens (including phenoxy) is 1. The third kappa shape index (κ3) is 4.65. The number of para-hydroxylation sites is 2. The van der Waals surface area contributed by atoms with Crippen molar-refractivity contribution in [3.05, 3.63) is 60.7 Å². The fraction of sp³-hybridized carbons (Fsp3) is 0.364. The Hall–Kier alpha value is -2.54. The van der Waals surface area contributed by atoms with Crippen LogP contribution in [-0.4, -0.2) is 62.7 Å². The summed E-state index contributed by atoms with van der Waals surface area (Å²) in [5.41, 5.74) is 1.75. The van der Waals surface area contributed by atoms with E-state index in [1.165, 1.54) is 6.92 Å². The molecule has 0 atom stereocenters. The second kappa shape index (κ2) is 9.59. The van der Waals surface area contributed by atoms with Gasteiger partial charge in [0.1, 0.15) is 17.9 Å². The Morgan fingerprint density at radius 2 is 1.50 bits per heavy atom. The van der Waals surface area contributed by atoms with Crippen molar-refractivity contribution < 1.29 is 14.3 Å². The van der Waals surface area contributed by atoms with Gasteiger partial charge >= 0.3 is 11.9 Å². The Morgan fingerprint density at radius 3 is 2.00 bits per heavy atom. The number of hydrogen-bond donors (Lipinski definition) is 1. The Labute approximate surface area is 166 Å². The largest absolute Gasteiger partial charge is 0.451 e. The van der Waals surface area contributed by atoms with Crippen molar-refractivity contribution in [3.63, 3.8) is 0 Å². The Bertz CT molecular complexity index is 735. The first-order valence-corrected chi connectivity index (χ1v) is 9.72. The summed E-state index contributed by atoms with van der Waals surface area (Å²) in [7, 11) is 0. The highest BCUT2D eigenvalue weighted by Gasteiger charge is 2.42. The molecule has 1 heterocycles. The van der Waals surface area contributed by atoms with Gasteiger partial charge in [-0.25, -0.2) is 4.79 Å². The highest BCUT2D eigenvalue weighted by molar-refractivity contribution is 5.96. The van der Waals surface area contributed by atoms with Crippen LogP contribution in [0.3, 0.4) is 0 Å². The average Bonchev–Trinajstić information content (AvgIpc) is 2.75. The number of benzene rings is 2. The van der Waals surface area contributed by atoms with Crippen LogP contribution in [-0.2, 0) is 14.3 Å². The van der Waals surface area contributed by atoms with Gasteiger partial charge in [-0.15, -0.1) is 0 Å². The van der Waals surface area contributed by atoms with Gasteiger partial charge in [-0.2, -0.15) is 4.48 Å². The lowest BCUT2D eigenvalue weighted by atomic mass is 10.1. The fourth-order valence-electron chi connectivity index (χ4n) is 3.68. The van der Waals surface area contributed by atoms with Gasteiger partial charge in [-0.05, 0) is 0 Å². The monoisotopic (exact) mass is 382 g/mol. The molecule has 1 aliphatic rings. The third-order valence-electron chi connectivity index (χ3n) is 5.18. The number of amides is 1. The normalized spacial score (nSPS) is 15.2. The number of carbonyl (C=O) groups is 2. The standard InChI is InChI=1S/C22H28N3O3/c1-19(26)28-18-22(27)25(20-8-4-2-5-9-20,21-10-6-3-7-11-21)17-16-24-14-12-23-13-15-24/h2-11,23H,12-18H2,1H3/q+1. The molecule has 28 heavy (non-hydrogen) atoms. The highest BCUT2D eigenvalue weighted by Crippen LogP contribution is 2.35. The molecule has 2 aromatic carbocycles. The number of hydrogen-bond acceptors (Lipinski definition) is 5. The molecule has 0 unspecified atom stereocenters. The topological polar surface area (TPSA) is 58.6 Å². The molecule has 1 aliphatic heterocycles. The van der Waals surface area contributed by atoms with Crippen molar-refractivity contribution in [2.24, 2.45) is 0 Å². The van der Waals surface area contributed by atoms with Crippen LogP contribution in [0.25, 0.3) is 0 Å². The van der Waals surface area contributed by atoms with Gasteiger partial charge in [-0.3, -0.25) is 9.69 Å². The summed E-state index contributed by atoms with van der Waals surface area (Å²) in [4.78, 5) is 27.2. The van der Waals surface area contributed by atoms with Crippen molar-refractivity contribution in [2.45, 2.75) is 6.92 Å². The third-order valence-corrected chi connectivity index (χ3v) is 5.18. The molecule has 0 radical (unpaired) electrons. The van der Waals surface area contributed by atoms with Crippen LogP contribution < -0.4 is 9.80 Å². The van der Waals surface area contributed by atoms with Crippen LogP contribution in [0.15, 0.2) is 60.7 Å². The van der Waals surface area contributed by atoms with Crippen molar-refractivity contribution in [3.8, 4) is 0 Å². The van der Waals surface area contributed by atoms with Crippen LogP contribution in [0.4, 0.5) is 11.4 Å². The van der Waals surface area contributed by atoms with Crippen molar-refractivity contribution >= 4 is 23.3 Å². The lowest BCUT2D eigenvalue weighted by molar-refractivity contribution is -0.148. The molecule has 3 rings (SSSR count). The molecule has 0 spiro atoms. The van der Waals surface area contributed by atoms with E-state index in [9.17, 15) is 9.59 Å². The van der Waals surface area contributed by atoms with Gasteiger partial charge < -0.3 is 10.1 Å². The first-order chi connectivity index (χ1) is 13.6. The van der Waals surface area contributed by atoms with E-state index in [0.29, 0.717) is 6.54 Å². The molecule has 2 aromatic rings. The zero-order chi connectivity index (χ0) is 19.8. The van der Waals surface area contributed by atoms with E-state index in [2.05, 4.69) is 10.2 Å². The number of piperazine rings is 1. The number of rotatable bonds is 7. The van der Waals surface area contributed by atoms with Gasteiger partial charge in [0.2, 0.25) is 6.61 Å². The highest BCUT2D eigenvalue weighted by atomic mass is 16.5. The Morgan fingerprint density at radius 1 is 0.964 bits per heavy atom. The maximum atomic E-state index is 13.5. The second-order valence-corrected chi connectivity index (χ2v) is 6.97. The summed E-state index contributed by atoms with van der Waals surface area (Å²) < 4.78 is 5.14. The van der Waals surface area contributed by atoms with E-state index in [0.717, 1.165) is 44.1 Å². The van der Waals surface area contributed by atoms with Gasteiger partial charge in [0.25, 0.3) is 0 Å². The predicted molar refractivity (Wildman–Crippen MR) is 110 cm³/mol. The molecule has 6 heteroatoms. The van der Waals surface area contributed by atoms with Crippen LogP contribution in [0.5, 0.6) is 0 Å². The summed E-state index contributed by atoms with van der Waals surface area (Å²) >= 11 is 0. The van der Waals surface area contributed by atoms with Crippen molar-refractivity contribution in [1.29, 1.82) is 0 Å². The SMILES string of the molecule is CC(=O)OCC(=O)[N+](CCN1CCNCC1)(c1ccccc1)c1ccccc1. The van der Waals surface area contributed by atoms with E-state index < -0.39 is 5.97 Å². The summed E-state index contributed by atoms with van der Waals surface area (Å²) in [6, 6.07) is 19.5. The minimum absolute atomic E-state index is 0.0267. The quantitative estimate of drug-likeness (QED) is 0.588. The lowest BCUT2D eigenvalue weighted by Crippen LogP contribution is -2.56. The average molecular weight is 382 g/mol. The summed E-state index contributed by atoms with van der Waals surface area (Å²) in [5, 5.41) is 3.36. The molecule has 1 N–H and O–H groups in total. The molecule has 1 fully saturated rings. The first-order valence-electron chi connectivity index (χ1n) is 9.72. The van der Waals surface area contributed by atoms with Gasteiger partial charge in [0.15, 0.2) is 0 Å². The maximum absolute atomic E-state index is 13.5. The van der Waals surface area contributed by atoms with E-state index >= 15 is 0 Å². The number of carbonyl (C=O) groups excluding carboxylic acids is 2. The van der Waals surface area contributed by atoms with Crippen LogP contribution in [0.2, 0.25) is 0 Å². The zero-order valence-corrected chi connectivity index (χ0v) is 16.3. The maximum Gasteiger partial charge on any atom is 0.361 e. The molecular weight excluding hydrogens is 354 g/mol. The minimum atomic E-state index is -0.449. The van der Waals surface area contributed by atoms with Gasteiger partial charge in [-0.1, -0.05) is 36.4 Å². The molecule has 0 bridgehead atoms. The molecule has 0 aliphatic carbocycles. The molecule has 0 saturated carbocycles. The molecule has 148 valence electrons. The minimum Gasteiger partial charge on any atom is -0.451 e. The summed E-state index contributed by atoms with van der Waals surface area (Å²) in [6.07, 6.45) is 0. The summed E-state index contributed by atoms with van der Waals surface area (Å²) in [5.74, 6) is -0.600. The van der Waals surface area contributed by atoms with Crippen molar-refractivity contribution in [1.82, 2.24) is 14.7 Å². The molecule has 1 amide bonds. The van der Waals surface area contributed by atoms with E-state index in [1.54, 1.807) is 0 Å². The first kappa shape index (κ1) is 20.2. The number of nitrogens with one attached hydrogen (secondary N) is 1. The van der Waals surface area contributed by atoms with E-state index in [1.807, 2.05) is 60.7 Å². The Kier molecular flexibility index (Phi) is 6.92. The Balaban J connectivity index is 2.00. The number of nitrogens with zero attached hydrogens (tertiary/aromatic N) is 2. The number of quaternary nitrogens is 1. The smallest absolute Gasteiger partial charge is 0.361 e. The van der Waals surface area contributed by atoms with E-state index in [-0.39, 0.29) is 17.0 Å². The van der Waals surface area contributed by atoms with E-state index in [4.69, 9.17) is 4.74 Å². The summed E-state index contributed by atoms with van der Waals surface area (Å²) in [6.45, 7) is 6.26. The van der Waals surface area contributed by atoms with Gasteiger partial charge in [0.05, 0.1) is 0 Å². The lowest BCUT2D eigenvalue weighted by Gasteiger charge is -2.37. The second-order valence-electron chi connectivity index (χ2n) is 6.97. The number of esters is 1. The molecular formula is C22H28N3O3+. The van der Waals surface area contributed by atoms with Crippen LogP contribution >= 0.6 is 0 Å². The zero-order valence-electron chi connectivity index (χ0n) is 16.3. The predicted octanol–water partition coefficient (Wildman–Crippen LogP) is 2.32. The molecule has 6 nitrogen and oxygen atoms in total. The van der Waals surface area contributed by atoms with Crippen molar-refractivity contribution in [2.75, 3.05) is 45.9 Å². The van der Waals surface area contributed by atoms with Crippen LogP contribution in [0.1, 0.15) is 6.92 Å².